The molecule has 0 N–H and O–H groups in total. The number of hydrogen-bond donors (Lipinski definition) is 0. The zero-order chi connectivity index (χ0) is 19.1. The van der Waals surface area contributed by atoms with Crippen molar-refractivity contribution in [2.75, 3.05) is 6.61 Å². The van der Waals surface area contributed by atoms with E-state index in [2.05, 4.69) is 20.4 Å². The highest BCUT2D eigenvalue weighted by Gasteiger charge is 2.53. The fourth-order valence-electron chi connectivity index (χ4n) is 4.41. The molecule has 0 unspecified atom stereocenters. The molecule has 4 nitrogen and oxygen atoms in total. The van der Waals surface area contributed by atoms with Crippen LogP contribution in [0.2, 0.25) is 0 Å². The van der Waals surface area contributed by atoms with Crippen LogP contribution in [0, 0.1) is 18.3 Å². The van der Waals surface area contributed by atoms with Crippen LogP contribution in [0.25, 0.3) is 0 Å². The molecule has 1 saturated carbocycles. The van der Waals surface area contributed by atoms with Crippen LogP contribution in [-0.2, 0) is 14.8 Å². The van der Waals surface area contributed by atoms with Gasteiger partial charge in [0.1, 0.15) is 6.23 Å². The Morgan fingerprint density at radius 1 is 1.31 bits per heavy atom. The second-order valence-electron chi connectivity index (χ2n) is 8.13. The third-order valence-corrected chi connectivity index (χ3v) is 8.22. The maximum absolute atomic E-state index is 13.5. The SMILES string of the molecule is C=C1[C@H](C)CCC[C@]1(C)[C@@H]1OC[C@H](CC)N1S(=O)(=O)c1ccc(C)cc1. The van der Waals surface area contributed by atoms with E-state index in [0.717, 1.165) is 36.8 Å². The van der Waals surface area contributed by atoms with Crippen molar-refractivity contribution in [1.82, 2.24) is 4.31 Å². The van der Waals surface area contributed by atoms with Gasteiger partial charge in [-0.3, -0.25) is 0 Å². The molecule has 1 aromatic carbocycles. The molecule has 0 aromatic heterocycles. The summed E-state index contributed by atoms with van der Waals surface area (Å²) >= 11 is 0. The number of aryl methyl sites for hydroxylation is 1. The van der Waals surface area contributed by atoms with E-state index in [4.69, 9.17) is 4.74 Å². The monoisotopic (exact) mass is 377 g/mol. The molecule has 1 aliphatic heterocycles. The lowest BCUT2D eigenvalue weighted by molar-refractivity contribution is -0.0320. The second-order valence-corrected chi connectivity index (χ2v) is 9.97. The van der Waals surface area contributed by atoms with Crippen LogP contribution in [0.3, 0.4) is 0 Å². The van der Waals surface area contributed by atoms with E-state index in [9.17, 15) is 8.42 Å². The van der Waals surface area contributed by atoms with Gasteiger partial charge in [0.15, 0.2) is 0 Å². The Bertz CT molecular complexity index is 771. The van der Waals surface area contributed by atoms with Crippen LogP contribution in [-0.4, -0.2) is 31.6 Å². The summed E-state index contributed by atoms with van der Waals surface area (Å²) in [5.74, 6) is 0.391. The summed E-state index contributed by atoms with van der Waals surface area (Å²) in [5, 5.41) is 0. The number of hydrogen-bond acceptors (Lipinski definition) is 3. The minimum Gasteiger partial charge on any atom is -0.360 e. The molecule has 0 spiro atoms. The normalized spacial score (nSPS) is 33.5. The van der Waals surface area contributed by atoms with Crippen molar-refractivity contribution in [2.24, 2.45) is 11.3 Å². The maximum atomic E-state index is 13.5. The van der Waals surface area contributed by atoms with Gasteiger partial charge in [0.05, 0.1) is 17.5 Å². The van der Waals surface area contributed by atoms with Gasteiger partial charge in [-0.15, -0.1) is 0 Å². The lowest BCUT2D eigenvalue weighted by Crippen LogP contribution is -2.51. The van der Waals surface area contributed by atoms with E-state index in [1.54, 1.807) is 16.4 Å². The van der Waals surface area contributed by atoms with Gasteiger partial charge in [-0.25, -0.2) is 8.42 Å². The molecule has 1 aromatic rings. The largest absolute Gasteiger partial charge is 0.360 e. The van der Waals surface area contributed by atoms with Crippen LogP contribution in [0.5, 0.6) is 0 Å². The Morgan fingerprint density at radius 3 is 2.58 bits per heavy atom. The second kappa shape index (κ2) is 7.10. The van der Waals surface area contributed by atoms with Crippen molar-refractivity contribution in [1.29, 1.82) is 0 Å². The highest BCUT2D eigenvalue weighted by atomic mass is 32.2. The van der Waals surface area contributed by atoms with E-state index >= 15 is 0 Å². The molecule has 1 saturated heterocycles. The molecule has 5 heteroatoms. The Balaban J connectivity index is 2.03. The fourth-order valence-corrected chi connectivity index (χ4v) is 6.28. The molecular weight excluding hydrogens is 346 g/mol. The molecule has 3 rings (SSSR count). The Labute approximate surface area is 158 Å². The summed E-state index contributed by atoms with van der Waals surface area (Å²) in [6.45, 7) is 13.1. The van der Waals surface area contributed by atoms with Gasteiger partial charge in [-0.1, -0.05) is 57.0 Å². The summed E-state index contributed by atoms with van der Waals surface area (Å²) in [6, 6.07) is 6.97. The molecule has 144 valence electrons. The Kier molecular flexibility index (Phi) is 5.35. The molecular formula is C21H31NO3S. The number of ether oxygens (including phenoxy) is 1. The third-order valence-electron chi connectivity index (χ3n) is 6.31. The lowest BCUT2D eigenvalue weighted by atomic mass is 9.67. The zero-order valence-corrected chi connectivity index (χ0v) is 17.2. The maximum Gasteiger partial charge on any atom is 0.245 e. The molecule has 0 bridgehead atoms. The fraction of sp³-hybridized carbons (Fsp3) is 0.619. The number of rotatable bonds is 4. The molecule has 2 aliphatic rings. The average Bonchev–Trinajstić information content (AvgIpc) is 3.05. The van der Waals surface area contributed by atoms with E-state index in [0.29, 0.717) is 17.4 Å². The van der Waals surface area contributed by atoms with Crippen molar-refractivity contribution in [3.8, 4) is 0 Å². The van der Waals surface area contributed by atoms with Crippen LogP contribution < -0.4 is 0 Å². The number of benzene rings is 1. The van der Waals surface area contributed by atoms with E-state index < -0.39 is 16.3 Å². The van der Waals surface area contributed by atoms with Crippen molar-refractivity contribution < 1.29 is 13.2 Å². The Hall–Kier alpha value is -1.17. The standard InChI is InChI=1S/C21H31NO3S/c1-6-18-14-25-20(21(5)13-7-8-16(3)17(21)4)22(18)26(23,24)19-11-9-15(2)10-12-19/h9-12,16,18,20H,4,6-8,13-14H2,1-3,5H3/t16-,18+,20+,21+/m1/s1. The minimum absolute atomic E-state index is 0.131. The highest BCUT2D eigenvalue weighted by Crippen LogP contribution is 2.50. The molecule has 2 fully saturated rings. The first-order valence-electron chi connectivity index (χ1n) is 9.63. The van der Waals surface area contributed by atoms with E-state index in [-0.39, 0.29) is 11.5 Å². The van der Waals surface area contributed by atoms with Crippen LogP contribution in [0.15, 0.2) is 41.3 Å². The van der Waals surface area contributed by atoms with Crippen LogP contribution in [0.1, 0.15) is 52.0 Å². The van der Waals surface area contributed by atoms with Crippen molar-refractivity contribution in [3.05, 3.63) is 42.0 Å². The first-order chi connectivity index (χ1) is 12.2. The smallest absolute Gasteiger partial charge is 0.245 e. The van der Waals surface area contributed by atoms with Gasteiger partial charge in [-0.05, 0) is 44.2 Å². The van der Waals surface area contributed by atoms with Gasteiger partial charge in [-0.2, -0.15) is 4.31 Å². The minimum atomic E-state index is -3.63. The first-order valence-corrected chi connectivity index (χ1v) is 11.1. The lowest BCUT2D eigenvalue weighted by Gasteiger charge is -2.46. The first kappa shape index (κ1) is 19.6. The van der Waals surface area contributed by atoms with Crippen molar-refractivity contribution in [3.63, 3.8) is 0 Å². The van der Waals surface area contributed by atoms with Gasteiger partial charge < -0.3 is 4.74 Å². The van der Waals surface area contributed by atoms with Gasteiger partial charge in [0.2, 0.25) is 10.0 Å². The Morgan fingerprint density at radius 2 is 1.96 bits per heavy atom. The molecule has 26 heavy (non-hydrogen) atoms. The average molecular weight is 378 g/mol. The van der Waals surface area contributed by atoms with Crippen LogP contribution in [0.4, 0.5) is 0 Å². The summed E-state index contributed by atoms with van der Waals surface area (Å²) < 4.78 is 34.8. The van der Waals surface area contributed by atoms with Gasteiger partial charge in [0.25, 0.3) is 0 Å². The summed E-state index contributed by atoms with van der Waals surface area (Å²) in [6.07, 6.45) is 3.36. The number of sulfonamides is 1. The molecule has 1 heterocycles. The van der Waals surface area contributed by atoms with Crippen molar-refractivity contribution >= 4 is 10.0 Å². The molecule has 0 radical (unpaired) electrons. The van der Waals surface area contributed by atoms with Crippen LogP contribution >= 0.6 is 0 Å². The van der Waals surface area contributed by atoms with Gasteiger partial charge in [0, 0.05) is 5.41 Å². The third kappa shape index (κ3) is 3.14. The summed E-state index contributed by atoms with van der Waals surface area (Å²) in [7, 11) is -3.63. The molecule has 4 atom stereocenters. The predicted molar refractivity (Wildman–Crippen MR) is 104 cm³/mol. The van der Waals surface area contributed by atoms with E-state index in [1.807, 2.05) is 26.0 Å². The number of nitrogens with zero attached hydrogens (tertiary/aromatic N) is 1. The summed E-state index contributed by atoms with van der Waals surface area (Å²) in [4.78, 5) is 0.343. The topological polar surface area (TPSA) is 46.6 Å². The van der Waals surface area contributed by atoms with Gasteiger partial charge >= 0.3 is 0 Å². The van der Waals surface area contributed by atoms with Crippen molar-refractivity contribution in [2.45, 2.75) is 70.5 Å². The zero-order valence-electron chi connectivity index (χ0n) is 16.4. The molecule has 1 aliphatic carbocycles. The highest BCUT2D eigenvalue weighted by molar-refractivity contribution is 7.89. The predicted octanol–water partition coefficient (Wildman–Crippen LogP) is 4.50. The quantitative estimate of drug-likeness (QED) is 0.726. The summed E-state index contributed by atoms with van der Waals surface area (Å²) in [5.41, 5.74) is 1.82. The molecule has 0 amide bonds. The van der Waals surface area contributed by atoms with E-state index in [1.165, 1.54) is 0 Å².